The van der Waals surface area contributed by atoms with Crippen molar-refractivity contribution in [3.8, 4) is 0 Å². The number of para-hydroxylation sites is 1. The number of amides is 2. The molecule has 112 valence electrons. The first-order chi connectivity index (χ1) is 10.2. The predicted octanol–water partition coefficient (Wildman–Crippen LogP) is 1.23. The van der Waals surface area contributed by atoms with Gasteiger partial charge in [0, 0.05) is 25.3 Å². The molecule has 1 aromatic carbocycles. The number of benzene rings is 1. The topological polar surface area (TPSA) is 61.4 Å². The molecule has 3 rings (SSSR count). The summed E-state index contributed by atoms with van der Waals surface area (Å²) in [5.74, 6) is 0.00897. The molecule has 0 aromatic heterocycles. The van der Waals surface area contributed by atoms with E-state index in [1.165, 1.54) is 0 Å². The zero-order chi connectivity index (χ0) is 14.7. The molecule has 0 radical (unpaired) electrons. The van der Waals surface area contributed by atoms with Crippen LogP contribution in [0.1, 0.15) is 19.3 Å². The molecule has 2 aliphatic heterocycles. The van der Waals surface area contributed by atoms with Gasteiger partial charge in [-0.1, -0.05) is 18.2 Å². The van der Waals surface area contributed by atoms with Crippen molar-refractivity contribution >= 4 is 17.5 Å². The summed E-state index contributed by atoms with van der Waals surface area (Å²) >= 11 is 0. The Hall–Kier alpha value is -1.88. The van der Waals surface area contributed by atoms with Gasteiger partial charge >= 0.3 is 0 Å². The Morgan fingerprint density at radius 3 is 2.57 bits per heavy atom. The van der Waals surface area contributed by atoms with Gasteiger partial charge in [0.25, 0.3) is 0 Å². The third-order valence-electron chi connectivity index (χ3n) is 4.26. The summed E-state index contributed by atoms with van der Waals surface area (Å²) in [6.07, 6.45) is 2.78. The van der Waals surface area contributed by atoms with Crippen LogP contribution < -0.4 is 10.6 Å². The summed E-state index contributed by atoms with van der Waals surface area (Å²) in [7, 11) is 0. The number of carbonyl (C=O) groups excluding carboxylic acids is 2. The van der Waals surface area contributed by atoms with E-state index in [2.05, 4.69) is 10.6 Å². The van der Waals surface area contributed by atoms with Gasteiger partial charge in [0.05, 0.1) is 12.0 Å². The second-order valence-corrected chi connectivity index (χ2v) is 5.78. The second-order valence-electron chi connectivity index (χ2n) is 5.78. The first kappa shape index (κ1) is 14.1. The average Bonchev–Trinajstić information content (AvgIpc) is 3.19. The largest absolute Gasteiger partial charge is 0.341 e. The number of nitrogens with one attached hydrogen (secondary N) is 2. The van der Waals surface area contributed by atoms with Crippen LogP contribution in [0.15, 0.2) is 30.3 Å². The molecule has 1 aromatic rings. The summed E-state index contributed by atoms with van der Waals surface area (Å²) in [5.41, 5.74) is 0.803. The van der Waals surface area contributed by atoms with Crippen LogP contribution in [0, 0.1) is 5.92 Å². The molecule has 2 heterocycles. The summed E-state index contributed by atoms with van der Waals surface area (Å²) in [5, 5.41) is 6.11. The lowest BCUT2D eigenvalue weighted by atomic mass is 10.0. The zero-order valence-corrected chi connectivity index (χ0v) is 12.0. The van der Waals surface area contributed by atoms with Gasteiger partial charge < -0.3 is 15.5 Å². The first-order valence-corrected chi connectivity index (χ1v) is 7.62. The lowest BCUT2D eigenvalue weighted by Crippen LogP contribution is -2.42. The van der Waals surface area contributed by atoms with Crippen LogP contribution >= 0.6 is 0 Å². The van der Waals surface area contributed by atoms with Gasteiger partial charge in [-0.05, 0) is 31.4 Å². The van der Waals surface area contributed by atoms with E-state index in [1.807, 2.05) is 35.2 Å². The van der Waals surface area contributed by atoms with Gasteiger partial charge in [-0.3, -0.25) is 9.59 Å². The van der Waals surface area contributed by atoms with Crippen molar-refractivity contribution in [2.45, 2.75) is 25.3 Å². The van der Waals surface area contributed by atoms with Crippen molar-refractivity contribution in [3.63, 3.8) is 0 Å². The molecule has 0 bridgehead atoms. The quantitative estimate of drug-likeness (QED) is 0.879. The smallest absolute Gasteiger partial charge is 0.239 e. The highest BCUT2D eigenvalue weighted by molar-refractivity contribution is 5.94. The van der Waals surface area contributed by atoms with Gasteiger partial charge in [0.1, 0.15) is 0 Å². The number of rotatable bonds is 3. The zero-order valence-electron chi connectivity index (χ0n) is 12.0. The molecule has 2 atom stereocenters. The van der Waals surface area contributed by atoms with E-state index in [4.69, 9.17) is 0 Å². The Morgan fingerprint density at radius 2 is 1.86 bits per heavy atom. The van der Waals surface area contributed by atoms with E-state index in [9.17, 15) is 9.59 Å². The molecule has 5 nitrogen and oxygen atoms in total. The van der Waals surface area contributed by atoms with Crippen molar-refractivity contribution in [1.29, 1.82) is 0 Å². The fraction of sp³-hybridized carbons (Fsp3) is 0.500. The van der Waals surface area contributed by atoms with Crippen LogP contribution in [0.4, 0.5) is 5.69 Å². The number of carbonyl (C=O) groups is 2. The first-order valence-electron chi connectivity index (χ1n) is 7.62. The number of hydrogen-bond acceptors (Lipinski definition) is 3. The normalized spacial score (nSPS) is 25.0. The van der Waals surface area contributed by atoms with Crippen LogP contribution in [0.2, 0.25) is 0 Å². The van der Waals surface area contributed by atoms with Crippen molar-refractivity contribution in [2.24, 2.45) is 5.92 Å². The van der Waals surface area contributed by atoms with Crippen LogP contribution in [-0.2, 0) is 9.59 Å². The van der Waals surface area contributed by atoms with Gasteiger partial charge in [-0.25, -0.2) is 0 Å². The SMILES string of the molecule is O=C(Nc1ccccc1)[C@@H]1CN[C@H](C(=O)N2CCCC2)C1. The summed E-state index contributed by atoms with van der Waals surface area (Å²) < 4.78 is 0. The molecule has 5 heteroatoms. The van der Waals surface area contributed by atoms with Gasteiger partial charge in [0.2, 0.25) is 11.8 Å². The third kappa shape index (κ3) is 3.24. The lowest BCUT2D eigenvalue weighted by Gasteiger charge is -2.19. The fourth-order valence-corrected chi connectivity index (χ4v) is 3.05. The second kappa shape index (κ2) is 6.26. The van der Waals surface area contributed by atoms with Crippen molar-refractivity contribution in [3.05, 3.63) is 30.3 Å². The maximum absolute atomic E-state index is 12.3. The van der Waals surface area contributed by atoms with Gasteiger partial charge in [-0.2, -0.15) is 0 Å². The van der Waals surface area contributed by atoms with Crippen molar-refractivity contribution in [2.75, 3.05) is 25.0 Å². The van der Waals surface area contributed by atoms with E-state index in [-0.39, 0.29) is 23.8 Å². The Morgan fingerprint density at radius 1 is 1.14 bits per heavy atom. The van der Waals surface area contributed by atoms with Crippen LogP contribution in [-0.4, -0.2) is 42.4 Å². The van der Waals surface area contributed by atoms with Crippen molar-refractivity contribution < 1.29 is 9.59 Å². The molecule has 0 saturated carbocycles. The molecule has 2 amide bonds. The molecule has 0 aliphatic carbocycles. The Labute approximate surface area is 124 Å². The molecule has 0 spiro atoms. The maximum Gasteiger partial charge on any atom is 0.239 e. The minimum absolute atomic E-state index is 0.00887. The number of hydrogen-bond donors (Lipinski definition) is 2. The summed E-state index contributed by atoms with van der Waals surface area (Å²) in [6.45, 7) is 2.29. The Bertz CT molecular complexity index is 512. The molecular weight excluding hydrogens is 266 g/mol. The average molecular weight is 287 g/mol. The molecule has 2 saturated heterocycles. The van der Waals surface area contributed by atoms with Crippen LogP contribution in [0.25, 0.3) is 0 Å². The van der Waals surface area contributed by atoms with E-state index < -0.39 is 0 Å². The fourth-order valence-electron chi connectivity index (χ4n) is 3.05. The highest BCUT2D eigenvalue weighted by Crippen LogP contribution is 2.20. The van der Waals surface area contributed by atoms with E-state index in [1.54, 1.807) is 0 Å². The van der Waals surface area contributed by atoms with Crippen LogP contribution in [0.5, 0.6) is 0 Å². The number of likely N-dealkylation sites (tertiary alicyclic amines) is 1. The number of anilines is 1. The highest BCUT2D eigenvalue weighted by atomic mass is 16.2. The molecular formula is C16H21N3O2. The maximum atomic E-state index is 12.3. The lowest BCUT2D eigenvalue weighted by molar-refractivity contribution is -0.132. The van der Waals surface area contributed by atoms with E-state index in [0.29, 0.717) is 13.0 Å². The summed E-state index contributed by atoms with van der Waals surface area (Å²) in [4.78, 5) is 26.4. The minimum Gasteiger partial charge on any atom is -0.341 e. The van der Waals surface area contributed by atoms with E-state index in [0.717, 1.165) is 31.6 Å². The molecule has 2 fully saturated rings. The highest BCUT2D eigenvalue weighted by Gasteiger charge is 2.36. The minimum atomic E-state index is -0.199. The molecule has 2 N–H and O–H groups in total. The molecule has 2 aliphatic rings. The molecule has 21 heavy (non-hydrogen) atoms. The summed E-state index contributed by atoms with van der Waals surface area (Å²) in [6, 6.07) is 9.23. The Kier molecular flexibility index (Phi) is 4.20. The number of nitrogens with zero attached hydrogens (tertiary/aromatic N) is 1. The monoisotopic (exact) mass is 287 g/mol. The Balaban J connectivity index is 1.54. The predicted molar refractivity (Wildman–Crippen MR) is 80.8 cm³/mol. The van der Waals surface area contributed by atoms with Crippen molar-refractivity contribution in [1.82, 2.24) is 10.2 Å². The standard InChI is InChI=1S/C16H21N3O2/c20-15(18-13-6-2-1-3-7-13)12-10-14(17-11-12)16(21)19-8-4-5-9-19/h1-3,6-7,12,14,17H,4-5,8-11H2,(H,18,20)/t12-,14-/m0/s1. The van der Waals surface area contributed by atoms with Gasteiger partial charge in [-0.15, -0.1) is 0 Å². The van der Waals surface area contributed by atoms with Crippen LogP contribution in [0.3, 0.4) is 0 Å². The van der Waals surface area contributed by atoms with Gasteiger partial charge in [0.15, 0.2) is 0 Å². The van der Waals surface area contributed by atoms with E-state index >= 15 is 0 Å². The third-order valence-corrected chi connectivity index (χ3v) is 4.26. The molecule has 0 unspecified atom stereocenters.